The van der Waals surface area contributed by atoms with Gasteiger partial charge in [-0.1, -0.05) is 0 Å². The van der Waals surface area contributed by atoms with E-state index < -0.39 is 5.97 Å². The highest BCUT2D eigenvalue weighted by Gasteiger charge is 2.31. The number of likely N-dealkylation sites (tertiary alicyclic amines) is 1. The standard InChI is InChI=1S/C12H22N2O3S/c1-13(6-4-8-18-2)12(17)14-7-3-5-10(14)9-11(15)16/h10H,3-9H2,1-2H3,(H,15,16). The molecule has 1 N–H and O–H groups in total. The maximum Gasteiger partial charge on any atom is 0.320 e. The monoisotopic (exact) mass is 274 g/mol. The van der Waals surface area contributed by atoms with Gasteiger partial charge < -0.3 is 14.9 Å². The zero-order valence-electron chi connectivity index (χ0n) is 11.1. The Kier molecular flexibility index (Phi) is 6.32. The molecule has 104 valence electrons. The fraction of sp³-hybridized carbons (Fsp3) is 0.833. The van der Waals surface area contributed by atoms with Crippen LogP contribution in [0.25, 0.3) is 0 Å². The third-order valence-corrected chi connectivity index (χ3v) is 3.90. The Morgan fingerprint density at radius 1 is 1.50 bits per heavy atom. The van der Waals surface area contributed by atoms with Crippen molar-refractivity contribution in [2.45, 2.75) is 31.7 Å². The predicted molar refractivity (Wildman–Crippen MR) is 73.0 cm³/mol. The van der Waals surface area contributed by atoms with Gasteiger partial charge in [0.25, 0.3) is 0 Å². The number of carboxylic acid groups (broad SMARTS) is 1. The SMILES string of the molecule is CSCCCN(C)C(=O)N1CCCC1CC(=O)O. The van der Waals surface area contributed by atoms with Crippen LogP contribution in [0.1, 0.15) is 25.7 Å². The lowest BCUT2D eigenvalue weighted by Crippen LogP contribution is -2.44. The summed E-state index contributed by atoms with van der Waals surface area (Å²) in [7, 11) is 1.79. The molecule has 2 amide bonds. The molecule has 1 unspecified atom stereocenters. The predicted octanol–water partition coefficient (Wildman–Crippen LogP) is 1.73. The van der Waals surface area contributed by atoms with E-state index in [4.69, 9.17) is 5.11 Å². The van der Waals surface area contributed by atoms with Crippen molar-refractivity contribution in [2.24, 2.45) is 0 Å². The first-order valence-electron chi connectivity index (χ1n) is 6.28. The van der Waals surface area contributed by atoms with E-state index in [0.717, 1.165) is 31.6 Å². The molecule has 0 radical (unpaired) electrons. The van der Waals surface area contributed by atoms with Crippen LogP contribution in [0.2, 0.25) is 0 Å². The van der Waals surface area contributed by atoms with Crippen molar-refractivity contribution in [1.82, 2.24) is 9.80 Å². The minimum Gasteiger partial charge on any atom is -0.481 e. The summed E-state index contributed by atoms with van der Waals surface area (Å²) in [4.78, 5) is 26.4. The molecule has 1 atom stereocenters. The van der Waals surface area contributed by atoms with Crippen molar-refractivity contribution in [3.05, 3.63) is 0 Å². The Hall–Kier alpha value is -0.910. The van der Waals surface area contributed by atoms with Crippen LogP contribution in [0.3, 0.4) is 0 Å². The van der Waals surface area contributed by atoms with E-state index in [9.17, 15) is 9.59 Å². The minimum absolute atomic E-state index is 0.0279. The number of thioether (sulfide) groups is 1. The lowest BCUT2D eigenvalue weighted by molar-refractivity contribution is -0.138. The van der Waals surface area contributed by atoms with Crippen molar-refractivity contribution >= 4 is 23.8 Å². The van der Waals surface area contributed by atoms with Crippen LogP contribution in [0, 0.1) is 0 Å². The van der Waals surface area contributed by atoms with E-state index in [1.165, 1.54) is 0 Å². The van der Waals surface area contributed by atoms with Crippen LogP contribution >= 0.6 is 11.8 Å². The average molecular weight is 274 g/mol. The summed E-state index contributed by atoms with van der Waals surface area (Å²) in [5, 5.41) is 8.83. The lowest BCUT2D eigenvalue weighted by Gasteiger charge is -2.29. The molecule has 0 aromatic rings. The molecule has 1 fully saturated rings. The van der Waals surface area contributed by atoms with Crippen LogP contribution in [0.15, 0.2) is 0 Å². The Morgan fingerprint density at radius 2 is 2.22 bits per heavy atom. The van der Waals surface area contributed by atoms with Crippen molar-refractivity contribution in [1.29, 1.82) is 0 Å². The first kappa shape index (κ1) is 15.1. The van der Waals surface area contributed by atoms with E-state index in [1.807, 2.05) is 6.26 Å². The summed E-state index contributed by atoms with van der Waals surface area (Å²) in [6.07, 6.45) is 4.79. The van der Waals surface area contributed by atoms with Crippen molar-refractivity contribution in [3.63, 3.8) is 0 Å². The van der Waals surface area contributed by atoms with Gasteiger partial charge in [0.05, 0.1) is 6.42 Å². The van der Waals surface area contributed by atoms with E-state index in [2.05, 4.69) is 0 Å². The van der Waals surface area contributed by atoms with Crippen molar-refractivity contribution < 1.29 is 14.7 Å². The molecule has 1 heterocycles. The van der Waals surface area contributed by atoms with Gasteiger partial charge in [0.15, 0.2) is 0 Å². The molecule has 0 aromatic heterocycles. The highest BCUT2D eigenvalue weighted by atomic mass is 32.2. The summed E-state index contributed by atoms with van der Waals surface area (Å²) in [5.74, 6) is 0.209. The summed E-state index contributed by atoms with van der Waals surface area (Å²) >= 11 is 1.77. The van der Waals surface area contributed by atoms with Crippen LogP contribution in [0.5, 0.6) is 0 Å². The molecule has 1 aliphatic heterocycles. The summed E-state index contributed by atoms with van der Waals surface area (Å²) in [6.45, 7) is 1.42. The molecule has 1 saturated heterocycles. The first-order valence-corrected chi connectivity index (χ1v) is 7.68. The van der Waals surface area contributed by atoms with Gasteiger partial charge in [-0.15, -0.1) is 0 Å². The van der Waals surface area contributed by atoms with Gasteiger partial charge in [0, 0.05) is 26.2 Å². The molecule has 0 aliphatic carbocycles. The zero-order valence-corrected chi connectivity index (χ0v) is 11.9. The smallest absolute Gasteiger partial charge is 0.320 e. The van der Waals surface area contributed by atoms with Gasteiger partial charge in [0.2, 0.25) is 0 Å². The maximum absolute atomic E-state index is 12.2. The molecule has 0 saturated carbocycles. The summed E-state index contributed by atoms with van der Waals surface area (Å²) < 4.78 is 0. The molecule has 1 aliphatic rings. The highest BCUT2D eigenvalue weighted by Crippen LogP contribution is 2.21. The number of carboxylic acids is 1. The van der Waals surface area contributed by atoms with Crippen LogP contribution < -0.4 is 0 Å². The average Bonchev–Trinajstić information content (AvgIpc) is 2.75. The fourth-order valence-electron chi connectivity index (χ4n) is 2.26. The van der Waals surface area contributed by atoms with Crippen LogP contribution in [-0.4, -0.2) is 65.1 Å². The van der Waals surface area contributed by atoms with Crippen molar-refractivity contribution in [2.75, 3.05) is 32.1 Å². The quantitative estimate of drug-likeness (QED) is 0.749. The fourth-order valence-corrected chi connectivity index (χ4v) is 2.68. The van der Waals surface area contributed by atoms with E-state index in [0.29, 0.717) is 6.54 Å². The molecule has 0 aromatic carbocycles. The molecule has 1 rings (SSSR count). The number of nitrogens with zero attached hydrogens (tertiary/aromatic N) is 2. The Labute approximate surface area is 113 Å². The van der Waals surface area contributed by atoms with Crippen LogP contribution in [-0.2, 0) is 4.79 Å². The molecule has 0 bridgehead atoms. The second kappa shape index (κ2) is 7.51. The van der Waals surface area contributed by atoms with Gasteiger partial charge >= 0.3 is 12.0 Å². The normalized spacial score (nSPS) is 19.0. The second-order valence-electron chi connectivity index (χ2n) is 4.64. The number of hydrogen-bond acceptors (Lipinski definition) is 3. The molecule has 5 nitrogen and oxygen atoms in total. The Balaban J connectivity index is 2.45. The summed E-state index contributed by atoms with van der Waals surface area (Å²) in [6, 6.07) is -0.155. The minimum atomic E-state index is -0.829. The van der Waals surface area contributed by atoms with Crippen molar-refractivity contribution in [3.8, 4) is 0 Å². The number of hydrogen-bond donors (Lipinski definition) is 1. The number of carbonyl (C=O) groups is 2. The first-order chi connectivity index (χ1) is 8.56. The third-order valence-electron chi connectivity index (χ3n) is 3.20. The van der Waals surface area contributed by atoms with Gasteiger partial charge in [-0.3, -0.25) is 4.79 Å². The lowest BCUT2D eigenvalue weighted by atomic mass is 10.1. The Morgan fingerprint density at radius 3 is 2.83 bits per heavy atom. The van der Waals surface area contributed by atoms with Gasteiger partial charge in [-0.2, -0.15) is 11.8 Å². The molecule has 18 heavy (non-hydrogen) atoms. The van der Waals surface area contributed by atoms with Gasteiger partial charge in [-0.25, -0.2) is 4.79 Å². The second-order valence-corrected chi connectivity index (χ2v) is 5.62. The van der Waals surface area contributed by atoms with E-state index >= 15 is 0 Å². The van der Waals surface area contributed by atoms with Gasteiger partial charge in [-0.05, 0) is 31.3 Å². The van der Waals surface area contributed by atoms with Crippen LogP contribution in [0.4, 0.5) is 4.79 Å². The number of rotatable bonds is 6. The number of carbonyl (C=O) groups excluding carboxylic acids is 1. The topological polar surface area (TPSA) is 60.9 Å². The molecule has 0 spiro atoms. The highest BCUT2D eigenvalue weighted by molar-refractivity contribution is 7.98. The maximum atomic E-state index is 12.2. The van der Waals surface area contributed by atoms with Gasteiger partial charge in [0.1, 0.15) is 0 Å². The number of amides is 2. The molecular formula is C12H22N2O3S. The third kappa shape index (κ3) is 4.40. The van der Waals surface area contributed by atoms with E-state index in [-0.39, 0.29) is 18.5 Å². The number of urea groups is 1. The molecule has 6 heteroatoms. The largest absolute Gasteiger partial charge is 0.481 e. The summed E-state index contributed by atoms with van der Waals surface area (Å²) in [5.41, 5.74) is 0. The van der Waals surface area contributed by atoms with E-state index in [1.54, 1.807) is 28.6 Å². The number of aliphatic carboxylic acids is 1. The zero-order chi connectivity index (χ0) is 13.5. The Bertz CT molecular complexity index is 299. The molecular weight excluding hydrogens is 252 g/mol.